The van der Waals surface area contributed by atoms with Crippen LogP contribution in [0.5, 0.6) is 5.75 Å². The second-order valence-electron chi connectivity index (χ2n) is 4.47. The number of methoxy groups -OCH3 is 1. The number of aliphatic hydroxyl groups is 1. The molecule has 0 amide bonds. The first kappa shape index (κ1) is 12.9. The van der Waals surface area contributed by atoms with E-state index in [0.717, 1.165) is 22.2 Å². The molecule has 4 heteroatoms. The minimum Gasteiger partial charge on any atom is -0.484 e. The van der Waals surface area contributed by atoms with Crippen LogP contribution < -0.4 is 4.74 Å². The van der Waals surface area contributed by atoms with Crippen LogP contribution in [0.3, 0.4) is 0 Å². The standard InChI is InChI=1S/C13H17BrO3/c1-3-13(8-16-2)7-11(15)10-5-4-9(14)6-12(10)17-13/h4-6,11,15H,3,7-8H2,1-2H3. The summed E-state index contributed by atoms with van der Waals surface area (Å²) < 4.78 is 12.2. The summed E-state index contributed by atoms with van der Waals surface area (Å²) in [6.45, 7) is 2.54. The van der Waals surface area contributed by atoms with Gasteiger partial charge in [-0.3, -0.25) is 0 Å². The number of rotatable bonds is 3. The molecule has 0 spiro atoms. The van der Waals surface area contributed by atoms with E-state index in [9.17, 15) is 5.11 Å². The summed E-state index contributed by atoms with van der Waals surface area (Å²) in [5.74, 6) is 0.747. The van der Waals surface area contributed by atoms with Crippen LogP contribution in [0.25, 0.3) is 0 Å². The molecule has 0 radical (unpaired) electrons. The Balaban J connectivity index is 2.36. The van der Waals surface area contributed by atoms with Gasteiger partial charge in [0.25, 0.3) is 0 Å². The number of aliphatic hydroxyl groups excluding tert-OH is 1. The molecule has 0 aliphatic carbocycles. The van der Waals surface area contributed by atoms with Gasteiger partial charge in [0.05, 0.1) is 12.7 Å². The second-order valence-corrected chi connectivity index (χ2v) is 5.39. The van der Waals surface area contributed by atoms with E-state index in [0.29, 0.717) is 13.0 Å². The molecule has 0 saturated carbocycles. The molecule has 1 N–H and O–H groups in total. The Morgan fingerprint density at radius 1 is 1.59 bits per heavy atom. The van der Waals surface area contributed by atoms with Gasteiger partial charge in [0.2, 0.25) is 0 Å². The van der Waals surface area contributed by atoms with Gasteiger partial charge in [-0.1, -0.05) is 28.9 Å². The van der Waals surface area contributed by atoms with Gasteiger partial charge >= 0.3 is 0 Å². The van der Waals surface area contributed by atoms with Crippen LogP contribution in [0.4, 0.5) is 0 Å². The van der Waals surface area contributed by atoms with E-state index in [4.69, 9.17) is 9.47 Å². The maximum atomic E-state index is 10.2. The first-order valence-corrected chi connectivity index (χ1v) is 6.55. The first-order valence-electron chi connectivity index (χ1n) is 5.76. The largest absolute Gasteiger partial charge is 0.484 e. The lowest BCUT2D eigenvalue weighted by molar-refractivity contribution is -0.0626. The molecular formula is C13H17BrO3. The lowest BCUT2D eigenvalue weighted by Gasteiger charge is -2.39. The molecule has 0 bridgehead atoms. The van der Waals surface area contributed by atoms with Crippen LogP contribution in [0, 0.1) is 0 Å². The molecule has 0 saturated heterocycles. The average Bonchev–Trinajstić information content (AvgIpc) is 2.28. The van der Waals surface area contributed by atoms with E-state index < -0.39 is 11.7 Å². The molecule has 0 fully saturated rings. The molecule has 1 aromatic rings. The molecule has 2 atom stereocenters. The van der Waals surface area contributed by atoms with Gasteiger partial charge < -0.3 is 14.6 Å². The Bertz CT molecular complexity index is 408. The molecule has 1 aromatic carbocycles. The normalized spacial score (nSPS) is 27.4. The average molecular weight is 301 g/mol. The van der Waals surface area contributed by atoms with Crippen molar-refractivity contribution in [3.05, 3.63) is 28.2 Å². The Morgan fingerprint density at radius 3 is 3.00 bits per heavy atom. The number of fused-ring (bicyclic) bond motifs is 1. The number of hydrogen-bond acceptors (Lipinski definition) is 3. The number of ether oxygens (including phenoxy) is 2. The number of hydrogen-bond donors (Lipinski definition) is 1. The van der Waals surface area contributed by atoms with E-state index in [-0.39, 0.29) is 0 Å². The lowest BCUT2D eigenvalue weighted by Crippen LogP contribution is -2.44. The molecule has 0 aromatic heterocycles. The highest BCUT2D eigenvalue weighted by Crippen LogP contribution is 2.42. The topological polar surface area (TPSA) is 38.7 Å². The summed E-state index contributed by atoms with van der Waals surface area (Å²) in [5, 5.41) is 10.2. The van der Waals surface area contributed by atoms with E-state index >= 15 is 0 Å². The number of halogens is 1. The van der Waals surface area contributed by atoms with Crippen LogP contribution in [0.1, 0.15) is 31.4 Å². The molecule has 2 unspecified atom stereocenters. The van der Waals surface area contributed by atoms with Crippen LogP contribution in [-0.2, 0) is 4.74 Å². The Labute approximate surface area is 110 Å². The minimum absolute atomic E-state index is 0.415. The van der Waals surface area contributed by atoms with Gasteiger partial charge in [-0.25, -0.2) is 0 Å². The van der Waals surface area contributed by atoms with Gasteiger partial charge in [0.1, 0.15) is 11.4 Å². The van der Waals surface area contributed by atoms with Gasteiger partial charge in [0, 0.05) is 23.6 Å². The molecule has 2 rings (SSSR count). The highest BCUT2D eigenvalue weighted by atomic mass is 79.9. The van der Waals surface area contributed by atoms with Crippen molar-refractivity contribution < 1.29 is 14.6 Å². The fourth-order valence-corrected chi connectivity index (χ4v) is 2.62. The molecule has 1 aliphatic heterocycles. The van der Waals surface area contributed by atoms with Crippen molar-refractivity contribution in [2.24, 2.45) is 0 Å². The zero-order chi connectivity index (χ0) is 12.5. The van der Waals surface area contributed by atoms with Crippen molar-refractivity contribution in [1.29, 1.82) is 0 Å². The van der Waals surface area contributed by atoms with Crippen LogP contribution in [-0.4, -0.2) is 24.4 Å². The summed E-state index contributed by atoms with van der Waals surface area (Å²) in [5.41, 5.74) is 0.440. The Hall–Kier alpha value is -0.580. The quantitative estimate of drug-likeness (QED) is 0.932. The van der Waals surface area contributed by atoms with E-state index in [1.54, 1.807) is 7.11 Å². The molecule has 17 heavy (non-hydrogen) atoms. The molecule has 94 valence electrons. The van der Waals surface area contributed by atoms with Crippen molar-refractivity contribution in [1.82, 2.24) is 0 Å². The summed E-state index contributed by atoms with van der Waals surface area (Å²) in [6.07, 6.45) is 0.900. The predicted molar refractivity (Wildman–Crippen MR) is 69.2 cm³/mol. The highest BCUT2D eigenvalue weighted by molar-refractivity contribution is 9.10. The van der Waals surface area contributed by atoms with E-state index in [2.05, 4.69) is 22.9 Å². The van der Waals surface area contributed by atoms with Crippen molar-refractivity contribution in [3.8, 4) is 5.75 Å². The third-order valence-electron chi connectivity index (χ3n) is 3.28. The minimum atomic E-state index is -0.484. The zero-order valence-corrected chi connectivity index (χ0v) is 11.7. The third-order valence-corrected chi connectivity index (χ3v) is 3.77. The van der Waals surface area contributed by atoms with Gasteiger partial charge in [-0.05, 0) is 18.6 Å². The fraction of sp³-hybridized carbons (Fsp3) is 0.538. The molecular weight excluding hydrogens is 284 g/mol. The SMILES string of the molecule is CCC1(COC)CC(O)c2ccc(Br)cc2O1. The Morgan fingerprint density at radius 2 is 2.35 bits per heavy atom. The Kier molecular flexibility index (Phi) is 3.76. The van der Waals surface area contributed by atoms with Crippen molar-refractivity contribution in [2.45, 2.75) is 31.5 Å². The lowest BCUT2D eigenvalue weighted by atomic mass is 9.87. The van der Waals surface area contributed by atoms with Gasteiger partial charge in [-0.2, -0.15) is 0 Å². The van der Waals surface area contributed by atoms with Crippen molar-refractivity contribution in [2.75, 3.05) is 13.7 Å². The maximum Gasteiger partial charge on any atom is 0.135 e. The molecule has 1 aliphatic rings. The maximum absolute atomic E-state index is 10.2. The fourth-order valence-electron chi connectivity index (χ4n) is 2.28. The van der Waals surface area contributed by atoms with E-state index in [1.165, 1.54) is 0 Å². The molecule has 1 heterocycles. The summed E-state index contributed by atoms with van der Waals surface area (Å²) in [4.78, 5) is 0. The summed E-state index contributed by atoms with van der Waals surface area (Å²) in [7, 11) is 1.66. The predicted octanol–water partition coefficient (Wildman–Crippen LogP) is 3.06. The summed E-state index contributed by atoms with van der Waals surface area (Å²) in [6, 6.07) is 5.72. The zero-order valence-electron chi connectivity index (χ0n) is 10.1. The van der Waals surface area contributed by atoms with Crippen molar-refractivity contribution in [3.63, 3.8) is 0 Å². The van der Waals surface area contributed by atoms with E-state index in [1.807, 2.05) is 18.2 Å². The third kappa shape index (κ3) is 2.49. The highest BCUT2D eigenvalue weighted by Gasteiger charge is 2.39. The van der Waals surface area contributed by atoms with Gasteiger partial charge in [0.15, 0.2) is 0 Å². The van der Waals surface area contributed by atoms with Crippen molar-refractivity contribution >= 4 is 15.9 Å². The molecule has 3 nitrogen and oxygen atoms in total. The van der Waals surface area contributed by atoms with Gasteiger partial charge in [-0.15, -0.1) is 0 Å². The summed E-state index contributed by atoms with van der Waals surface area (Å²) >= 11 is 3.42. The smallest absolute Gasteiger partial charge is 0.135 e. The van der Waals surface area contributed by atoms with Crippen LogP contribution in [0.15, 0.2) is 22.7 Å². The first-order chi connectivity index (χ1) is 8.10. The van der Waals surface area contributed by atoms with Crippen LogP contribution >= 0.6 is 15.9 Å². The number of benzene rings is 1. The van der Waals surface area contributed by atoms with Crippen LogP contribution in [0.2, 0.25) is 0 Å². The second kappa shape index (κ2) is 4.96. The monoisotopic (exact) mass is 300 g/mol.